The number of carbonyl (C=O) groups is 1. The average Bonchev–Trinajstić information content (AvgIpc) is 2.51. The van der Waals surface area contributed by atoms with Crippen molar-refractivity contribution in [1.82, 2.24) is 0 Å². The average molecular weight is 339 g/mol. The van der Waals surface area contributed by atoms with Crippen LogP contribution in [-0.2, 0) is 4.79 Å². The van der Waals surface area contributed by atoms with Gasteiger partial charge in [0.05, 0.1) is 0 Å². The number of ketones is 1. The SMILES string of the molecule is CC(C)CCCCCCCCC(=O)CCCCCCCCC(C)C. The van der Waals surface area contributed by atoms with E-state index in [0.717, 1.165) is 37.5 Å². The summed E-state index contributed by atoms with van der Waals surface area (Å²) < 4.78 is 0. The van der Waals surface area contributed by atoms with Gasteiger partial charge in [-0.3, -0.25) is 4.79 Å². The molecule has 0 N–H and O–H groups in total. The molecule has 0 aliphatic rings. The normalized spacial score (nSPS) is 11.6. The highest BCUT2D eigenvalue weighted by Crippen LogP contribution is 2.14. The lowest BCUT2D eigenvalue weighted by molar-refractivity contribution is -0.119. The number of unbranched alkanes of at least 4 members (excludes halogenated alkanes) is 10. The lowest BCUT2D eigenvalue weighted by Gasteiger charge is -2.05. The third-order valence-corrected chi connectivity index (χ3v) is 4.97. The highest BCUT2D eigenvalue weighted by atomic mass is 16.1. The van der Waals surface area contributed by atoms with Crippen molar-refractivity contribution in [3.63, 3.8) is 0 Å². The Kier molecular flexibility index (Phi) is 17.3. The number of carbonyl (C=O) groups excluding carboxylic acids is 1. The van der Waals surface area contributed by atoms with E-state index in [1.807, 2.05) is 0 Å². The maximum Gasteiger partial charge on any atom is 0.132 e. The summed E-state index contributed by atoms with van der Waals surface area (Å²) in [6, 6.07) is 0. The minimum absolute atomic E-state index is 0.509. The number of hydrogen-bond donors (Lipinski definition) is 0. The molecule has 1 nitrogen and oxygen atoms in total. The Morgan fingerprint density at radius 3 is 1.12 bits per heavy atom. The van der Waals surface area contributed by atoms with Crippen molar-refractivity contribution in [2.75, 3.05) is 0 Å². The zero-order valence-corrected chi connectivity index (χ0v) is 17.4. The van der Waals surface area contributed by atoms with Crippen LogP contribution in [0.3, 0.4) is 0 Å². The molecule has 0 saturated carbocycles. The lowest BCUT2D eigenvalue weighted by Crippen LogP contribution is -1.97. The predicted octanol–water partition coefficient (Wildman–Crippen LogP) is 8.11. The second-order valence-corrected chi connectivity index (χ2v) is 8.65. The van der Waals surface area contributed by atoms with Crippen molar-refractivity contribution >= 4 is 5.78 Å². The van der Waals surface area contributed by atoms with Gasteiger partial charge in [-0.05, 0) is 24.7 Å². The Labute approximate surface area is 153 Å². The maximum atomic E-state index is 11.9. The molecule has 0 spiro atoms. The molecule has 0 saturated heterocycles. The first kappa shape index (κ1) is 23.7. The zero-order chi connectivity index (χ0) is 18.0. The van der Waals surface area contributed by atoms with E-state index in [-0.39, 0.29) is 0 Å². The largest absolute Gasteiger partial charge is 0.300 e. The molecule has 0 fully saturated rings. The van der Waals surface area contributed by atoms with Crippen molar-refractivity contribution in [3.8, 4) is 0 Å². The first-order valence-electron chi connectivity index (χ1n) is 11.0. The molecule has 0 aromatic heterocycles. The highest BCUT2D eigenvalue weighted by Gasteiger charge is 2.02. The van der Waals surface area contributed by atoms with E-state index in [4.69, 9.17) is 0 Å². The summed E-state index contributed by atoms with van der Waals surface area (Å²) in [7, 11) is 0. The summed E-state index contributed by atoms with van der Waals surface area (Å²) >= 11 is 0. The Hall–Kier alpha value is -0.330. The lowest BCUT2D eigenvalue weighted by atomic mass is 10.0. The van der Waals surface area contributed by atoms with Crippen LogP contribution in [0, 0.1) is 11.8 Å². The molecule has 0 aliphatic carbocycles. The van der Waals surface area contributed by atoms with Crippen LogP contribution in [0.1, 0.15) is 130 Å². The van der Waals surface area contributed by atoms with Gasteiger partial charge < -0.3 is 0 Å². The van der Waals surface area contributed by atoms with Gasteiger partial charge in [-0.15, -0.1) is 0 Å². The van der Waals surface area contributed by atoms with Crippen LogP contribution in [0.15, 0.2) is 0 Å². The molecule has 0 heterocycles. The molecule has 0 aromatic carbocycles. The van der Waals surface area contributed by atoms with E-state index in [1.165, 1.54) is 77.0 Å². The molecule has 0 radical (unpaired) electrons. The van der Waals surface area contributed by atoms with E-state index in [1.54, 1.807) is 0 Å². The third kappa shape index (κ3) is 19.7. The smallest absolute Gasteiger partial charge is 0.132 e. The fourth-order valence-corrected chi connectivity index (χ4v) is 3.29. The van der Waals surface area contributed by atoms with Gasteiger partial charge in [0.15, 0.2) is 0 Å². The van der Waals surface area contributed by atoms with Crippen molar-refractivity contribution in [3.05, 3.63) is 0 Å². The molecular formula is C23H46O. The van der Waals surface area contributed by atoms with Gasteiger partial charge >= 0.3 is 0 Å². The number of rotatable bonds is 18. The van der Waals surface area contributed by atoms with Crippen molar-refractivity contribution in [2.45, 2.75) is 130 Å². The van der Waals surface area contributed by atoms with E-state index < -0.39 is 0 Å². The van der Waals surface area contributed by atoms with Gasteiger partial charge in [-0.25, -0.2) is 0 Å². The minimum Gasteiger partial charge on any atom is -0.300 e. The monoisotopic (exact) mass is 338 g/mol. The van der Waals surface area contributed by atoms with Crippen molar-refractivity contribution in [1.29, 1.82) is 0 Å². The standard InChI is InChI=1S/C23H46O/c1-21(2)17-13-9-5-7-11-15-19-23(24)20-16-12-8-6-10-14-18-22(3)4/h21-22H,5-20H2,1-4H3. The van der Waals surface area contributed by atoms with Crippen LogP contribution >= 0.6 is 0 Å². The maximum absolute atomic E-state index is 11.9. The van der Waals surface area contributed by atoms with E-state index in [2.05, 4.69) is 27.7 Å². The fraction of sp³-hybridized carbons (Fsp3) is 0.957. The molecule has 1 heteroatoms. The number of hydrogen-bond acceptors (Lipinski definition) is 1. The molecular weight excluding hydrogens is 292 g/mol. The Balaban J connectivity index is 3.19. The van der Waals surface area contributed by atoms with Crippen LogP contribution in [0.2, 0.25) is 0 Å². The molecule has 24 heavy (non-hydrogen) atoms. The first-order chi connectivity index (χ1) is 11.5. The Morgan fingerprint density at radius 2 is 0.792 bits per heavy atom. The molecule has 0 amide bonds. The van der Waals surface area contributed by atoms with Crippen LogP contribution in [-0.4, -0.2) is 5.78 Å². The van der Waals surface area contributed by atoms with Crippen LogP contribution in [0.25, 0.3) is 0 Å². The predicted molar refractivity (Wildman–Crippen MR) is 109 cm³/mol. The van der Waals surface area contributed by atoms with Crippen LogP contribution in [0.4, 0.5) is 0 Å². The Morgan fingerprint density at radius 1 is 0.500 bits per heavy atom. The van der Waals surface area contributed by atoms with Gasteiger partial charge in [0.2, 0.25) is 0 Å². The Bertz CT molecular complexity index is 241. The topological polar surface area (TPSA) is 17.1 Å². The second kappa shape index (κ2) is 17.5. The quantitative estimate of drug-likeness (QED) is 0.231. The fourth-order valence-electron chi connectivity index (χ4n) is 3.29. The summed E-state index contributed by atoms with van der Waals surface area (Å²) in [5.41, 5.74) is 0. The van der Waals surface area contributed by atoms with Crippen LogP contribution in [0.5, 0.6) is 0 Å². The molecule has 0 aliphatic heterocycles. The van der Waals surface area contributed by atoms with Gasteiger partial charge in [-0.2, -0.15) is 0 Å². The molecule has 0 aromatic rings. The summed E-state index contributed by atoms with van der Waals surface area (Å²) in [4.78, 5) is 11.9. The van der Waals surface area contributed by atoms with E-state index in [0.29, 0.717) is 5.78 Å². The summed E-state index contributed by atoms with van der Waals surface area (Å²) in [5.74, 6) is 2.21. The minimum atomic E-state index is 0.509. The summed E-state index contributed by atoms with van der Waals surface area (Å²) in [6.07, 6.45) is 20.0. The highest BCUT2D eigenvalue weighted by molar-refractivity contribution is 5.78. The molecule has 0 atom stereocenters. The molecule has 0 unspecified atom stereocenters. The van der Waals surface area contributed by atoms with E-state index >= 15 is 0 Å². The van der Waals surface area contributed by atoms with Crippen molar-refractivity contribution < 1.29 is 4.79 Å². The van der Waals surface area contributed by atoms with Crippen LogP contribution < -0.4 is 0 Å². The molecule has 0 rings (SSSR count). The third-order valence-electron chi connectivity index (χ3n) is 4.97. The second-order valence-electron chi connectivity index (χ2n) is 8.65. The van der Waals surface area contributed by atoms with Gasteiger partial charge in [0, 0.05) is 12.8 Å². The summed E-state index contributed by atoms with van der Waals surface area (Å²) in [5, 5.41) is 0. The molecule has 0 bridgehead atoms. The first-order valence-corrected chi connectivity index (χ1v) is 11.0. The molecule has 144 valence electrons. The van der Waals surface area contributed by atoms with Gasteiger partial charge in [0.25, 0.3) is 0 Å². The number of Topliss-reactive ketones (excluding diaryl/α,β-unsaturated/α-hetero) is 1. The zero-order valence-electron chi connectivity index (χ0n) is 17.4. The van der Waals surface area contributed by atoms with Gasteiger partial charge in [0.1, 0.15) is 5.78 Å². The van der Waals surface area contributed by atoms with Crippen molar-refractivity contribution in [2.24, 2.45) is 11.8 Å². The summed E-state index contributed by atoms with van der Waals surface area (Å²) in [6.45, 7) is 9.22. The van der Waals surface area contributed by atoms with Gasteiger partial charge in [-0.1, -0.05) is 105 Å². The van der Waals surface area contributed by atoms with E-state index in [9.17, 15) is 4.79 Å².